The summed E-state index contributed by atoms with van der Waals surface area (Å²) in [6.07, 6.45) is 1.97. The van der Waals surface area contributed by atoms with Crippen molar-refractivity contribution in [1.29, 1.82) is 0 Å². The van der Waals surface area contributed by atoms with Crippen LogP contribution in [0.25, 0.3) is 22.1 Å². The van der Waals surface area contributed by atoms with Gasteiger partial charge in [0.05, 0.1) is 0 Å². The molecule has 0 radical (unpaired) electrons. The fraction of sp³-hybridized carbons (Fsp3) is 0.290. The Bertz CT molecular complexity index is 1530. The third-order valence-corrected chi connectivity index (χ3v) is 7.13. The number of rotatable bonds is 6. The van der Waals surface area contributed by atoms with Crippen LogP contribution in [0.15, 0.2) is 69.9 Å². The number of phenolic OH excluding ortho intramolecular Hbond substituents is 1. The molecule has 37 heavy (non-hydrogen) atoms. The fourth-order valence-corrected chi connectivity index (χ4v) is 4.91. The minimum atomic E-state index is -0.530. The van der Waals surface area contributed by atoms with Gasteiger partial charge in [-0.2, -0.15) is 0 Å². The van der Waals surface area contributed by atoms with Gasteiger partial charge in [-0.15, -0.1) is 0 Å². The molecule has 4 aromatic rings. The number of carbonyl (C=O) groups is 1. The summed E-state index contributed by atoms with van der Waals surface area (Å²) in [6.45, 7) is 5.86. The number of aromatic hydroxyl groups is 1. The van der Waals surface area contributed by atoms with Crippen molar-refractivity contribution in [2.75, 3.05) is 20.1 Å². The highest BCUT2D eigenvalue weighted by molar-refractivity contribution is 5.99. The Morgan fingerprint density at radius 3 is 2.59 bits per heavy atom. The summed E-state index contributed by atoms with van der Waals surface area (Å²) in [6, 6.07) is 18.0. The lowest BCUT2D eigenvalue weighted by molar-refractivity contribution is 0.0992. The number of ketones is 1. The number of fused-ring (bicyclic) bond motifs is 1. The Kier molecular flexibility index (Phi) is 6.85. The number of nitrogens with zero attached hydrogens (tertiary/aromatic N) is 1. The van der Waals surface area contributed by atoms with E-state index < -0.39 is 5.63 Å². The number of hydrogen-bond donors (Lipinski definition) is 1. The molecule has 6 nitrogen and oxygen atoms in total. The highest BCUT2D eigenvalue weighted by atomic mass is 16.5. The third-order valence-electron chi connectivity index (χ3n) is 7.13. The number of benzene rings is 3. The van der Waals surface area contributed by atoms with Gasteiger partial charge in [0.1, 0.15) is 23.2 Å². The summed E-state index contributed by atoms with van der Waals surface area (Å²) in [5.41, 5.74) is 3.92. The molecule has 1 aromatic heterocycles. The van der Waals surface area contributed by atoms with Crippen LogP contribution in [-0.2, 0) is 6.42 Å². The van der Waals surface area contributed by atoms with Gasteiger partial charge in [0, 0.05) is 47.2 Å². The van der Waals surface area contributed by atoms with E-state index in [2.05, 4.69) is 11.9 Å². The van der Waals surface area contributed by atoms with E-state index in [4.69, 9.17) is 9.15 Å². The first-order chi connectivity index (χ1) is 17.8. The molecule has 0 atom stereocenters. The number of hydrogen-bond acceptors (Lipinski definition) is 6. The van der Waals surface area contributed by atoms with Gasteiger partial charge in [-0.1, -0.05) is 29.8 Å². The van der Waals surface area contributed by atoms with Crippen LogP contribution in [0.2, 0.25) is 0 Å². The van der Waals surface area contributed by atoms with Gasteiger partial charge >= 0.3 is 5.63 Å². The Morgan fingerprint density at radius 1 is 1.05 bits per heavy atom. The highest BCUT2D eigenvalue weighted by Gasteiger charge is 2.21. The molecule has 2 heterocycles. The van der Waals surface area contributed by atoms with Crippen LogP contribution in [0.5, 0.6) is 11.5 Å². The maximum Gasteiger partial charge on any atom is 0.339 e. The van der Waals surface area contributed by atoms with Crippen LogP contribution in [-0.4, -0.2) is 42.0 Å². The normalized spacial score (nSPS) is 14.7. The molecule has 0 spiro atoms. The minimum absolute atomic E-state index is 0.0941. The van der Waals surface area contributed by atoms with Crippen LogP contribution in [0.1, 0.15) is 39.9 Å². The number of carbonyl (C=O) groups excluding carboxylic acids is 1. The quantitative estimate of drug-likeness (QED) is 0.273. The van der Waals surface area contributed by atoms with Gasteiger partial charge in [0.15, 0.2) is 5.78 Å². The molecule has 5 rings (SSSR count). The van der Waals surface area contributed by atoms with E-state index in [9.17, 15) is 14.7 Å². The Balaban J connectivity index is 1.39. The topological polar surface area (TPSA) is 80.0 Å². The Hall–Kier alpha value is -3.90. The van der Waals surface area contributed by atoms with Crippen molar-refractivity contribution >= 4 is 16.8 Å². The number of Topliss-reactive ketones (excluding diaryl/α,β-unsaturated/α-hetero) is 1. The second-order valence-corrected chi connectivity index (χ2v) is 9.99. The summed E-state index contributed by atoms with van der Waals surface area (Å²) < 4.78 is 11.9. The molecule has 190 valence electrons. The average molecular weight is 498 g/mol. The highest BCUT2D eigenvalue weighted by Crippen LogP contribution is 2.32. The molecule has 1 aliphatic rings. The Morgan fingerprint density at radius 2 is 1.84 bits per heavy atom. The van der Waals surface area contributed by atoms with Crippen molar-refractivity contribution in [3.63, 3.8) is 0 Å². The van der Waals surface area contributed by atoms with Crippen molar-refractivity contribution in [3.8, 4) is 22.6 Å². The molecule has 0 unspecified atom stereocenters. The van der Waals surface area contributed by atoms with Crippen molar-refractivity contribution in [2.45, 2.75) is 39.2 Å². The molecule has 0 saturated carbocycles. The molecule has 0 aliphatic carbocycles. The van der Waals surface area contributed by atoms with Crippen LogP contribution >= 0.6 is 0 Å². The molecule has 6 heteroatoms. The molecule has 0 amide bonds. The second kappa shape index (κ2) is 10.2. The van der Waals surface area contributed by atoms with E-state index in [1.165, 1.54) is 6.07 Å². The molecule has 1 fully saturated rings. The molecule has 1 aliphatic heterocycles. The minimum Gasteiger partial charge on any atom is -0.507 e. The summed E-state index contributed by atoms with van der Waals surface area (Å²) in [5.74, 6) is 0.599. The zero-order valence-electron chi connectivity index (χ0n) is 21.4. The Labute approximate surface area is 216 Å². The monoisotopic (exact) mass is 497 g/mol. The smallest absolute Gasteiger partial charge is 0.339 e. The van der Waals surface area contributed by atoms with E-state index >= 15 is 0 Å². The van der Waals surface area contributed by atoms with Gasteiger partial charge in [-0.25, -0.2) is 4.79 Å². The molecule has 1 saturated heterocycles. The second-order valence-electron chi connectivity index (χ2n) is 9.99. The van der Waals surface area contributed by atoms with Gasteiger partial charge in [-0.05, 0) is 75.7 Å². The summed E-state index contributed by atoms with van der Waals surface area (Å²) >= 11 is 0. The molecule has 3 aromatic carbocycles. The summed E-state index contributed by atoms with van der Waals surface area (Å²) in [7, 11) is 2.11. The van der Waals surface area contributed by atoms with E-state index in [0.29, 0.717) is 22.3 Å². The predicted octanol–water partition coefficient (Wildman–Crippen LogP) is 5.68. The lowest BCUT2D eigenvalue weighted by Crippen LogP contribution is -2.35. The van der Waals surface area contributed by atoms with E-state index in [1.54, 1.807) is 18.2 Å². The average Bonchev–Trinajstić information content (AvgIpc) is 2.88. The van der Waals surface area contributed by atoms with Crippen LogP contribution in [0, 0.1) is 13.8 Å². The maximum atomic E-state index is 13.1. The van der Waals surface area contributed by atoms with Gasteiger partial charge in [-0.3, -0.25) is 4.79 Å². The largest absolute Gasteiger partial charge is 0.507 e. The van der Waals surface area contributed by atoms with Gasteiger partial charge < -0.3 is 19.2 Å². The number of aryl methyl sites for hydroxylation is 2. The molecule has 1 N–H and O–H groups in total. The van der Waals surface area contributed by atoms with E-state index in [0.717, 1.165) is 53.8 Å². The zero-order valence-corrected chi connectivity index (χ0v) is 21.4. The lowest BCUT2D eigenvalue weighted by Gasteiger charge is -2.29. The third kappa shape index (κ3) is 5.30. The van der Waals surface area contributed by atoms with Crippen molar-refractivity contribution in [1.82, 2.24) is 4.90 Å². The predicted molar refractivity (Wildman–Crippen MR) is 145 cm³/mol. The lowest BCUT2D eigenvalue weighted by atomic mass is 9.97. The first-order valence-electron chi connectivity index (χ1n) is 12.6. The van der Waals surface area contributed by atoms with Crippen molar-refractivity contribution in [3.05, 3.63) is 93.3 Å². The maximum absolute atomic E-state index is 13.1. The SMILES string of the molecule is Cc1cccc(-c2cc(C(=O)Cc3cc4ccc(OC5CCN(C)CC5)c(C)c4oc3=O)ccc2O)c1. The van der Waals surface area contributed by atoms with Crippen LogP contribution in [0.3, 0.4) is 0 Å². The molecule has 0 bridgehead atoms. The number of ether oxygens (including phenoxy) is 1. The molecular weight excluding hydrogens is 466 g/mol. The standard InChI is InChI=1S/C31H31NO5/c1-19-5-4-6-21(15-19)26-17-22(7-9-27(26)33)28(34)18-24-16-23-8-10-29(20(2)30(23)37-31(24)35)36-25-11-13-32(3)14-12-25/h4-10,15-17,25,33H,11-14,18H2,1-3H3. The first-order valence-corrected chi connectivity index (χ1v) is 12.6. The van der Waals surface area contributed by atoms with Gasteiger partial charge in [0.2, 0.25) is 0 Å². The fourth-order valence-electron chi connectivity index (χ4n) is 4.91. The van der Waals surface area contributed by atoms with Crippen molar-refractivity contribution < 1.29 is 19.1 Å². The van der Waals surface area contributed by atoms with Crippen LogP contribution < -0.4 is 10.4 Å². The zero-order chi connectivity index (χ0) is 26.1. The number of phenols is 1. The van der Waals surface area contributed by atoms with E-state index in [-0.39, 0.29) is 24.1 Å². The van der Waals surface area contributed by atoms with Crippen molar-refractivity contribution in [2.24, 2.45) is 0 Å². The summed E-state index contributed by atoms with van der Waals surface area (Å²) in [5, 5.41) is 11.1. The van der Waals surface area contributed by atoms with Crippen LogP contribution in [0.4, 0.5) is 0 Å². The number of likely N-dealkylation sites (tertiary alicyclic amines) is 1. The molecular formula is C31H31NO5. The van der Waals surface area contributed by atoms with Gasteiger partial charge in [0.25, 0.3) is 0 Å². The first kappa shape index (κ1) is 24.8. The number of piperidine rings is 1. The summed E-state index contributed by atoms with van der Waals surface area (Å²) in [4.78, 5) is 28.3. The van der Waals surface area contributed by atoms with E-state index in [1.807, 2.05) is 50.2 Å².